The number of primary amides is 1. The summed E-state index contributed by atoms with van der Waals surface area (Å²) >= 11 is 0. The van der Waals surface area contributed by atoms with E-state index in [4.69, 9.17) is 5.11 Å². The van der Waals surface area contributed by atoms with Crippen LogP contribution in [-0.4, -0.2) is 24.4 Å². The maximum Gasteiger partial charge on any atom is 0.404 e. The first-order valence-corrected chi connectivity index (χ1v) is 2.70. The lowest BCUT2D eigenvalue weighted by Crippen LogP contribution is -2.18. The van der Waals surface area contributed by atoms with Gasteiger partial charge in [0.15, 0.2) is 0 Å². The Morgan fingerprint density at radius 3 is 2.78 bits per heavy atom. The minimum atomic E-state index is -0.796. The van der Waals surface area contributed by atoms with E-state index in [9.17, 15) is 4.79 Å². The van der Waals surface area contributed by atoms with Crippen molar-refractivity contribution in [1.29, 1.82) is 0 Å². The van der Waals surface area contributed by atoms with Gasteiger partial charge in [-0.3, -0.25) is 0 Å². The molecule has 9 heavy (non-hydrogen) atoms. The molecule has 0 fully saturated rings. The van der Waals surface area contributed by atoms with Crippen molar-refractivity contribution in [3.05, 3.63) is 0 Å². The molecule has 4 heteroatoms. The van der Waals surface area contributed by atoms with E-state index in [0.29, 0.717) is 0 Å². The molecule has 0 aromatic rings. The van der Waals surface area contributed by atoms with E-state index in [0.717, 1.165) is 0 Å². The first-order valence-electron chi connectivity index (χ1n) is 2.70. The molecule has 0 unspecified atom stereocenters. The van der Waals surface area contributed by atoms with Crippen LogP contribution in [0.25, 0.3) is 0 Å². The third-order valence-electron chi connectivity index (χ3n) is 0.822. The number of carbonyl (C=O) groups excluding carboxylic acids is 1. The van der Waals surface area contributed by atoms with Gasteiger partial charge in [0.25, 0.3) is 0 Å². The summed E-state index contributed by atoms with van der Waals surface area (Å²) in [6.45, 7) is 1.95. The number of hydrogen-bond acceptors (Lipinski definition) is 3. The Morgan fingerprint density at radius 2 is 2.44 bits per heavy atom. The van der Waals surface area contributed by atoms with Crippen LogP contribution in [0, 0.1) is 5.92 Å². The standard InChI is InChI=1S/C5H11NO3/c1-4(2-7)3-9-5(6)8/h4,7H,2-3H2,1H3,(H2,6,8)/t4-/m0/s1. The van der Waals surface area contributed by atoms with E-state index >= 15 is 0 Å². The van der Waals surface area contributed by atoms with Gasteiger partial charge in [-0.1, -0.05) is 6.92 Å². The van der Waals surface area contributed by atoms with Crippen LogP contribution in [0.1, 0.15) is 6.92 Å². The number of carbonyl (C=O) groups is 1. The van der Waals surface area contributed by atoms with Crippen LogP contribution in [0.3, 0.4) is 0 Å². The van der Waals surface area contributed by atoms with E-state index in [2.05, 4.69) is 10.5 Å². The molecule has 0 aliphatic rings. The van der Waals surface area contributed by atoms with Crippen LogP contribution in [0.2, 0.25) is 0 Å². The van der Waals surface area contributed by atoms with Crippen LogP contribution in [0.15, 0.2) is 0 Å². The van der Waals surface area contributed by atoms with Crippen molar-refractivity contribution in [1.82, 2.24) is 0 Å². The highest BCUT2D eigenvalue weighted by Crippen LogP contribution is 1.91. The Bertz CT molecular complexity index is 94.2. The molecule has 3 N–H and O–H groups in total. The summed E-state index contributed by atoms with van der Waals surface area (Å²) in [6, 6.07) is 0. The number of ether oxygens (including phenoxy) is 1. The maximum atomic E-state index is 9.94. The summed E-state index contributed by atoms with van der Waals surface area (Å²) in [5.41, 5.74) is 4.65. The van der Waals surface area contributed by atoms with Crippen molar-refractivity contribution in [2.75, 3.05) is 13.2 Å². The normalized spacial score (nSPS) is 12.7. The Hall–Kier alpha value is -0.770. The molecule has 0 aliphatic carbocycles. The second kappa shape index (κ2) is 4.14. The fourth-order valence-corrected chi connectivity index (χ4v) is 0.277. The smallest absolute Gasteiger partial charge is 0.404 e. The monoisotopic (exact) mass is 133 g/mol. The molecule has 0 heterocycles. The first-order chi connectivity index (χ1) is 4.16. The van der Waals surface area contributed by atoms with Crippen LogP contribution < -0.4 is 5.73 Å². The molecule has 0 spiro atoms. The zero-order valence-corrected chi connectivity index (χ0v) is 5.33. The van der Waals surface area contributed by atoms with Crippen LogP contribution in [0.4, 0.5) is 4.79 Å². The van der Waals surface area contributed by atoms with Crippen LogP contribution >= 0.6 is 0 Å². The maximum absolute atomic E-state index is 9.94. The summed E-state index contributed by atoms with van der Waals surface area (Å²) in [5, 5.41) is 8.42. The van der Waals surface area contributed by atoms with Gasteiger partial charge in [0.05, 0.1) is 6.61 Å². The average molecular weight is 133 g/mol. The van der Waals surface area contributed by atoms with Gasteiger partial charge in [-0.15, -0.1) is 0 Å². The molecule has 1 amide bonds. The Morgan fingerprint density at radius 1 is 1.89 bits per heavy atom. The van der Waals surface area contributed by atoms with Gasteiger partial charge in [0.2, 0.25) is 0 Å². The molecule has 0 aliphatic heterocycles. The number of rotatable bonds is 3. The van der Waals surface area contributed by atoms with E-state index in [-0.39, 0.29) is 19.1 Å². The van der Waals surface area contributed by atoms with Gasteiger partial charge in [-0.2, -0.15) is 0 Å². The van der Waals surface area contributed by atoms with E-state index in [1.54, 1.807) is 6.92 Å². The van der Waals surface area contributed by atoms with Crippen LogP contribution in [-0.2, 0) is 4.74 Å². The van der Waals surface area contributed by atoms with E-state index < -0.39 is 6.09 Å². The summed E-state index contributed by atoms with van der Waals surface area (Å²) in [4.78, 5) is 9.94. The molecular weight excluding hydrogens is 122 g/mol. The van der Waals surface area contributed by atoms with Gasteiger partial charge in [0.1, 0.15) is 0 Å². The highest BCUT2D eigenvalue weighted by Gasteiger charge is 2.00. The van der Waals surface area contributed by atoms with E-state index in [1.807, 2.05) is 0 Å². The highest BCUT2D eigenvalue weighted by molar-refractivity contribution is 5.64. The van der Waals surface area contributed by atoms with Crippen molar-refractivity contribution in [2.24, 2.45) is 11.7 Å². The molecule has 0 rings (SSSR count). The third-order valence-corrected chi connectivity index (χ3v) is 0.822. The van der Waals surface area contributed by atoms with Crippen molar-refractivity contribution in [2.45, 2.75) is 6.92 Å². The molecule has 0 bridgehead atoms. The van der Waals surface area contributed by atoms with Gasteiger partial charge in [-0.05, 0) is 0 Å². The lowest BCUT2D eigenvalue weighted by atomic mass is 10.2. The molecule has 0 aromatic heterocycles. The van der Waals surface area contributed by atoms with Crippen molar-refractivity contribution < 1.29 is 14.6 Å². The minimum absolute atomic E-state index is 0.00722. The molecule has 4 nitrogen and oxygen atoms in total. The van der Waals surface area contributed by atoms with Crippen molar-refractivity contribution in [3.63, 3.8) is 0 Å². The number of aliphatic hydroxyl groups is 1. The number of amides is 1. The number of aliphatic hydroxyl groups excluding tert-OH is 1. The molecule has 1 atom stereocenters. The highest BCUT2D eigenvalue weighted by atomic mass is 16.5. The SMILES string of the molecule is C[C@@H](CO)COC(N)=O. The van der Waals surface area contributed by atoms with Gasteiger partial charge < -0.3 is 15.6 Å². The lowest BCUT2D eigenvalue weighted by molar-refractivity contribution is 0.117. The fourth-order valence-electron chi connectivity index (χ4n) is 0.277. The summed E-state index contributed by atoms with van der Waals surface area (Å²) in [6.07, 6.45) is -0.796. The predicted octanol–water partition coefficient (Wildman–Crippen LogP) is -0.290. The summed E-state index contributed by atoms with van der Waals surface area (Å²) in [5.74, 6) is -0.0301. The largest absolute Gasteiger partial charge is 0.449 e. The molecule has 0 saturated heterocycles. The summed E-state index contributed by atoms with van der Waals surface area (Å²) < 4.78 is 4.37. The predicted molar refractivity (Wildman–Crippen MR) is 31.8 cm³/mol. The third kappa shape index (κ3) is 5.10. The van der Waals surface area contributed by atoms with E-state index in [1.165, 1.54) is 0 Å². The molecule has 0 radical (unpaired) electrons. The Balaban J connectivity index is 3.16. The van der Waals surface area contributed by atoms with Crippen molar-refractivity contribution >= 4 is 6.09 Å². The second-order valence-corrected chi connectivity index (χ2v) is 1.92. The average Bonchev–Trinajstić information content (AvgIpc) is 1.83. The number of nitrogens with two attached hydrogens (primary N) is 1. The van der Waals surface area contributed by atoms with Gasteiger partial charge in [0, 0.05) is 12.5 Å². The quantitative estimate of drug-likeness (QED) is 0.555. The zero-order chi connectivity index (χ0) is 7.28. The molecule has 54 valence electrons. The minimum Gasteiger partial charge on any atom is -0.449 e. The topological polar surface area (TPSA) is 72.6 Å². The van der Waals surface area contributed by atoms with Crippen molar-refractivity contribution in [3.8, 4) is 0 Å². The number of hydrogen-bond donors (Lipinski definition) is 2. The molecule has 0 saturated carbocycles. The summed E-state index contributed by atoms with van der Waals surface area (Å²) in [7, 11) is 0. The Labute approximate surface area is 53.6 Å². The lowest BCUT2D eigenvalue weighted by Gasteiger charge is -2.05. The second-order valence-electron chi connectivity index (χ2n) is 1.92. The van der Waals surface area contributed by atoms with Gasteiger partial charge in [-0.25, -0.2) is 4.79 Å². The fraction of sp³-hybridized carbons (Fsp3) is 0.800. The van der Waals surface area contributed by atoms with Crippen LogP contribution in [0.5, 0.6) is 0 Å². The first kappa shape index (κ1) is 8.23. The molecule has 0 aromatic carbocycles. The zero-order valence-electron chi connectivity index (χ0n) is 5.33. The molecular formula is C5H11NO3. The van der Waals surface area contributed by atoms with Gasteiger partial charge >= 0.3 is 6.09 Å². The Kier molecular flexibility index (Phi) is 3.79.